The first-order valence-corrected chi connectivity index (χ1v) is 6.17. The van der Waals surface area contributed by atoms with E-state index in [9.17, 15) is 0 Å². The molecular formula is C16H19N. The van der Waals surface area contributed by atoms with E-state index in [1.165, 1.54) is 22.4 Å². The molecule has 0 amide bonds. The van der Waals surface area contributed by atoms with Crippen molar-refractivity contribution in [2.24, 2.45) is 0 Å². The molecule has 0 radical (unpaired) electrons. The number of hydrogen-bond acceptors (Lipinski definition) is 1. The summed E-state index contributed by atoms with van der Waals surface area (Å²) in [4.78, 5) is 0. The second kappa shape index (κ2) is 5.53. The number of para-hydroxylation sites is 1. The minimum Gasteiger partial charge on any atom is -0.381 e. The molecule has 2 rings (SSSR count). The molecule has 0 aliphatic heterocycles. The van der Waals surface area contributed by atoms with Gasteiger partial charge in [-0.1, -0.05) is 55.5 Å². The maximum atomic E-state index is 3.55. The first-order chi connectivity index (χ1) is 8.31. The fraction of sp³-hybridized carbons (Fsp3) is 0.250. The maximum Gasteiger partial charge on any atom is 0.0404 e. The smallest absolute Gasteiger partial charge is 0.0404 e. The summed E-state index contributed by atoms with van der Waals surface area (Å²) in [7, 11) is 0. The van der Waals surface area contributed by atoms with Crippen molar-refractivity contribution in [1.29, 1.82) is 0 Å². The molecule has 0 spiro atoms. The highest BCUT2D eigenvalue weighted by atomic mass is 14.9. The third kappa shape index (κ3) is 2.88. The lowest BCUT2D eigenvalue weighted by Gasteiger charge is -2.14. The third-order valence-corrected chi connectivity index (χ3v) is 3.05. The standard InChI is InChI=1S/C16H19N/c1-3-15-11-7-8-13(2)16(15)17-12-14-9-5-4-6-10-14/h4-11,17H,3,12H2,1-2H3. The topological polar surface area (TPSA) is 12.0 Å². The van der Waals surface area contributed by atoms with E-state index in [0.29, 0.717) is 0 Å². The molecule has 1 heteroatoms. The van der Waals surface area contributed by atoms with Gasteiger partial charge in [0.2, 0.25) is 0 Å². The summed E-state index contributed by atoms with van der Waals surface area (Å²) in [5.74, 6) is 0. The van der Waals surface area contributed by atoms with Crippen LogP contribution in [0.15, 0.2) is 48.5 Å². The lowest BCUT2D eigenvalue weighted by Crippen LogP contribution is -2.03. The van der Waals surface area contributed by atoms with E-state index >= 15 is 0 Å². The average Bonchev–Trinajstić information content (AvgIpc) is 2.38. The zero-order valence-corrected chi connectivity index (χ0v) is 10.5. The molecule has 2 aromatic rings. The van der Waals surface area contributed by atoms with Crippen LogP contribution in [-0.4, -0.2) is 0 Å². The van der Waals surface area contributed by atoms with Crippen LogP contribution >= 0.6 is 0 Å². The van der Waals surface area contributed by atoms with Crippen LogP contribution < -0.4 is 5.32 Å². The quantitative estimate of drug-likeness (QED) is 0.823. The Balaban J connectivity index is 2.14. The van der Waals surface area contributed by atoms with Gasteiger partial charge in [-0.25, -0.2) is 0 Å². The number of nitrogens with one attached hydrogen (secondary N) is 1. The summed E-state index contributed by atoms with van der Waals surface area (Å²) in [6.07, 6.45) is 1.07. The van der Waals surface area contributed by atoms with Gasteiger partial charge in [-0.3, -0.25) is 0 Å². The molecule has 0 bridgehead atoms. The summed E-state index contributed by atoms with van der Waals surface area (Å²) in [6, 6.07) is 17.0. The number of aryl methyl sites for hydroxylation is 2. The van der Waals surface area contributed by atoms with Crippen LogP contribution in [0.5, 0.6) is 0 Å². The van der Waals surface area contributed by atoms with Gasteiger partial charge in [-0.15, -0.1) is 0 Å². The number of rotatable bonds is 4. The Labute approximate surface area is 103 Å². The van der Waals surface area contributed by atoms with Crippen LogP contribution in [0.1, 0.15) is 23.6 Å². The monoisotopic (exact) mass is 225 g/mol. The third-order valence-electron chi connectivity index (χ3n) is 3.05. The first kappa shape index (κ1) is 11.7. The van der Waals surface area contributed by atoms with Gasteiger partial charge in [0, 0.05) is 12.2 Å². The summed E-state index contributed by atoms with van der Waals surface area (Å²) >= 11 is 0. The Morgan fingerprint density at radius 3 is 2.41 bits per heavy atom. The Morgan fingerprint density at radius 2 is 1.71 bits per heavy atom. The van der Waals surface area contributed by atoms with E-state index in [2.05, 4.69) is 67.7 Å². The average molecular weight is 225 g/mol. The summed E-state index contributed by atoms with van der Waals surface area (Å²) in [5, 5.41) is 3.55. The van der Waals surface area contributed by atoms with Crippen LogP contribution in [0.3, 0.4) is 0 Å². The number of hydrogen-bond donors (Lipinski definition) is 1. The summed E-state index contributed by atoms with van der Waals surface area (Å²) in [5.41, 5.74) is 5.32. The van der Waals surface area contributed by atoms with E-state index in [-0.39, 0.29) is 0 Å². The van der Waals surface area contributed by atoms with Crippen LogP contribution in [0, 0.1) is 6.92 Å². The Morgan fingerprint density at radius 1 is 0.941 bits per heavy atom. The zero-order valence-electron chi connectivity index (χ0n) is 10.5. The largest absolute Gasteiger partial charge is 0.381 e. The lowest BCUT2D eigenvalue weighted by molar-refractivity contribution is 1.08. The van der Waals surface area contributed by atoms with Crippen LogP contribution in [0.25, 0.3) is 0 Å². The molecule has 88 valence electrons. The SMILES string of the molecule is CCc1cccc(C)c1NCc1ccccc1. The molecule has 0 aliphatic rings. The Hall–Kier alpha value is -1.76. The van der Waals surface area contributed by atoms with Gasteiger partial charge in [0.05, 0.1) is 0 Å². The molecule has 0 saturated carbocycles. The molecule has 1 N–H and O–H groups in total. The van der Waals surface area contributed by atoms with E-state index < -0.39 is 0 Å². The minimum absolute atomic E-state index is 0.888. The van der Waals surface area contributed by atoms with Gasteiger partial charge in [0.15, 0.2) is 0 Å². The van der Waals surface area contributed by atoms with Gasteiger partial charge in [-0.05, 0) is 30.0 Å². The van der Waals surface area contributed by atoms with Gasteiger partial charge < -0.3 is 5.32 Å². The fourth-order valence-electron chi connectivity index (χ4n) is 2.06. The minimum atomic E-state index is 0.888. The van der Waals surface area contributed by atoms with Crippen LogP contribution in [0.2, 0.25) is 0 Å². The van der Waals surface area contributed by atoms with Gasteiger partial charge in [-0.2, -0.15) is 0 Å². The predicted molar refractivity (Wildman–Crippen MR) is 74.3 cm³/mol. The molecule has 17 heavy (non-hydrogen) atoms. The normalized spacial score (nSPS) is 10.2. The van der Waals surface area contributed by atoms with E-state index in [4.69, 9.17) is 0 Å². The molecule has 0 saturated heterocycles. The van der Waals surface area contributed by atoms with Crippen LogP contribution in [0.4, 0.5) is 5.69 Å². The zero-order chi connectivity index (χ0) is 12.1. The van der Waals surface area contributed by atoms with Crippen molar-refractivity contribution < 1.29 is 0 Å². The van der Waals surface area contributed by atoms with Crippen molar-refractivity contribution in [3.63, 3.8) is 0 Å². The molecule has 0 aromatic heterocycles. The predicted octanol–water partition coefficient (Wildman–Crippen LogP) is 4.17. The fourth-order valence-corrected chi connectivity index (χ4v) is 2.06. The van der Waals surface area contributed by atoms with Crippen LogP contribution in [-0.2, 0) is 13.0 Å². The molecule has 0 unspecified atom stereocenters. The van der Waals surface area contributed by atoms with E-state index in [1.807, 2.05) is 0 Å². The highest BCUT2D eigenvalue weighted by Gasteiger charge is 2.03. The Bertz CT molecular complexity index is 474. The van der Waals surface area contributed by atoms with Crippen molar-refractivity contribution in [2.45, 2.75) is 26.8 Å². The lowest BCUT2D eigenvalue weighted by atomic mass is 10.1. The van der Waals surface area contributed by atoms with Crippen molar-refractivity contribution in [2.75, 3.05) is 5.32 Å². The van der Waals surface area contributed by atoms with Gasteiger partial charge in [0.25, 0.3) is 0 Å². The summed E-state index contributed by atoms with van der Waals surface area (Å²) in [6.45, 7) is 5.24. The highest BCUT2D eigenvalue weighted by molar-refractivity contribution is 5.57. The number of benzene rings is 2. The molecule has 2 aromatic carbocycles. The van der Waals surface area contributed by atoms with E-state index in [1.54, 1.807) is 0 Å². The molecule has 0 fully saturated rings. The highest BCUT2D eigenvalue weighted by Crippen LogP contribution is 2.21. The van der Waals surface area contributed by atoms with Crippen molar-refractivity contribution >= 4 is 5.69 Å². The van der Waals surface area contributed by atoms with Crippen molar-refractivity contribution in [1.82, 2.24) is 0 Å². The Kier molecular flexibility index (Phi) is 3.81. The molecule has 0 aliphatic carbocycles. The first-order valence-electron chi connectivity index (χ1n) is 6.17. The van der Waals surface area contributed by atoms with Crippen molar-refractivity contribution in [3.8, 4) is 0 Å². The second-order valence-electron chi connectivity index (χ2n) is 4.30. The maximum absolute atomic E-state index is 3.55. The molecule has 1 nitrogen and oxygen atoms in total. The van der Waals surface area contributed by atoms with Gasteiger partial charge >= 0.3 is 0 Å². The second-order valence-corrected chi connectivity index (χ2v) is 4.30. The molecule has 0 heterocycles. The van der Waals surface area contributed by atoms with Crippen molar-refractivity contribution in [3.05, 3.63) is 65.2 Å². The summed E-state index contributed by atoms with van der Waals surface area (Å²) < 4.78 is 0. The van der Waals surface area contributed by atoms with Gasteiger partial charge in [0.1, 0.15) is 0 Å². The van der Waals surface area contributed by atoms with E-state index in [0.717, 1.165) is 13.0 Å². The molecular weight excluding hydrogens is 206 g/mol. The molecule has 0 atom stereocenters. The number of anilines is 1.